The van der Waals surface area contributed by atoms with Crippen molar-refractivity contribution < 1.29 is 14.3 Å². The number of aromatic amines is 1. The monoisotopic (exact) mass is 354 g/mol. The Labute approximate surface area is 151 Å². The van der Waals surface area contributed by atoms with Gasteiger partial charge in [-0.3, -0.25) is 14.7 Å². The fourth-order valence-electron chi connectivity index (χ4n) is 3.69. The zero-order valence-corrected chi connectivity index (χ0v) is 14.7. The summed E-state index contributed by atoms with van der Waals surface area (Å²) in [6.45, 7) is 2.93. The average Bonchev–Trinajstić information content (AvgIpc) is 3.05. The maximum atomic E-state index is 12.6. The quantitative estimate of drug-likeness (QED) is 0.871. The number of ether oxygens (including phenoxy) is 1. The largest absolute Gasteiger partial charge is 0.490 e. The third-order valence-corrected chi connectivity index (χ3v) is 5.15. The van der Waals surface area contributed by atoms with Crippen LogP contribution in [0.1, 0.15) is 23.4 Å². The van der Waals surface area contributed by atoms with Crippen molar-refractivity contribution >= 4 is 17.5 Å². The van der Waals surface area contributed by atoms with Gasteiger partial charge in [-0.1, -0.05) is 12.1 Å². The highest BCUT2D eigenvalue weighted by atomic mass is 16.5. The van der Waals surface area contributed by atoms with Crippen molar-refractivity contribution in [2.45, 2.75) is 26.2 Å². The minimum absolute atomic E-state index is 0.000887. The van der Waals surface area contributed by atoms with E-state index in [9.17, 15) is 9.59 Å². The van der Waals surface area contributed by atoms with Gasteiger partial charge >= 0.3 is 0 Å². The first-order chi connectivity index (χ1) is 12.6. The predicted molar refractivity (Wildman–Crippen MR) is 96.1 cm³/mol. The number of hydrogen-bond donors (Lipinski definition) is 2. The standard InChI is InChI=1S/C19H22N4O3/c1-12-14-10-13(6-7-15(14)22-21-12)19(25)20-11-18(24)23-8-9-26-17-5-3-2-4-16(17)23/h2-5,13H,6-11H2,1H3,(H,20,25)(H,21,22). The lowest BCUT2D eigenvalue weighted by Gasteiger charge is -2.29. The van der Waals surface area contributed by atoms with Crippen molar-refractivity contribution in [3.05, 3.63) is 41.2 Å². The maximum Gasteiger partial charge on any atom is 0.246 e. The van der Waals surface area contributed by atoms with Crippen molar-refractivity contribution in [3.8, 4) is 5.75 Å². The average molecular weight is 354 g/mol. The lowest BCUT2D eigenvalue weighted by molar-refractivity contribution is -0.128. The molecule has 7 heteroatoms. The zero-order chi connectivity index (χ0) is 18.1. The number of fused-ring (bicyclic) bond motifs is 2. The molecule has 26 heavy (non-hydrogen) atoms. The summed E-state index contributed by atoms with van der Waals surface area (Å²) in [5.41, 5.74) is 3.99. The number of aryl methyl sites for hydroxylation is 2. The lowest BCUT2D eigenvalue weighted by Crippen LogP contribution is -2.45. The SMILES string of the molecule is Cc1[nH]nc2c1CC(C(=O)NCC(=O)N1CCOc3ccccc31)CC2. The van der Waals surface area contributed by atoms with Crippen molar-refractivity contribution in [2.24, 2.45) is 5.92 Å². The van der Waals surface area contributed by atoms with Gasteiger partial charge in [-0.05, 0) is 43.9 Å². The summed E-state index contributed by atoms with van der Waals surface area (Å²) < 4.78 is 5.57. The molecule has 0 fully saturated rings. The van der Waals surface area contributed by atoms with Crippen LogP contribution in [0, 0.1) is 12.8 Å². The highest BCUT2D eigenvalue weighted by Crippen LogP contribution is 2.31. The number of H-pyrrole nitrogens is 1. The molecule has 7 nitrogen and oxygen atoms in total. The Morgan fingerprint density at radius 1 is 1.38 bits per heavy atom. The van der Waals surface area contributed by atoms with E-state index in [0.717, 1.165) is 35.5 Å². The highest BCUT2D eigenvalue weighted by molar-refractivity contribution is 5.98. The molecule has 1 aliphatic heterocycles. The molecular weight excluding hydrogens is 332 g/mol. The van der Waals surface area contributed by atoms with Gasteiger partial charge in [-0.25, -0.2) is 0 Å². The van der Waals surface area contributed by atoms with Gasteiger partial charge in [-0.2, -0.15) is 5.10 Å². The molecule has 0 radical (unpaired) electrons. The van der Waals surface area contributed by atoms with E-state index < -0.39 is 0 Å². The van der Waals surface area contributed by atoms with Gasteiger partial charge in [0.25, 0.3) is 0 Å². The second-order valence-corrected chi connectivity index (χ2v) is 6.79. The van der Waals surface area contributed by atoms with Crippen LogP contribution in [-0.4, -0.2) is 41.7 Å². The number of amides is 2. The molecular formula is C19H22N4O3. The topological polar surface area (TPSA) is 87.3 Å². The van der Waals surface area contributed by atoms with Gasteiger partial charge in [-0.15, -0.1) is 0 Å². The molecule has 2 heterocycles. The normalized spacial score (nSPS) is 18.5. The Balaban J connectivity index is 1.37. The van der Waals surface area contributed by atoms with Crippen LogP contribution in [0.4, 0.5) is 5.69 Å². The molecule has 0 saturated carbocycles. The van der Waals surface area contributed by atoms with Gasteiger partial charge in [0.15, 0.2) is 0 Å². The first-order valence-electron chi connectivity index (χ1n) is 8.96. The molecule has 2 aromatic rings. The highest BCUT2D eigenvalue weighted by Gasteiger charge is 2.29. The molecule has 0 bridgehead atoms. The van der Waals surface area contributed by atoms with E-state index in [1.165, 1.54) is 0 Å². The second kappa shape index (κ2) is 6.82. The Hall–Kier alpha value is -2.83. The number of nitrogens with one attached hydrogen (secondary N) is 2. The molecule has 2 amide bonds. The number of anilines is 1. The molecule has 1 aromatic carbocycles. The number of hydrogen-bond acceptors (Lipinski definition) is 4. The van der Waals surface area contributed by atoms with E-state index in [4.69, 9.17) is 4.74 Å². The summed E-state index contributed by atoms with van der Waals surface area (Å²) in [4.78, 5) is 26.8. The van der Waals surface area contributed by atoms with Crippen molar-refractivity contribution in [1.29, 1.82) is 0 Å². The fourth-order valence-corrected chi connectivity index (χ4v) is 3.69. The van der Waals surface area contributed by atoms with Gasteiger partial charge in [0.1, 0.15) is 12.4 Å². The minimum Gasteiger partial charge on any atom is -0.490 e. The molecule has 0 spiro atoms. The maximum absolute atomic E-state index is 12.6. The molecule has 1 aromatic heterocycles. The first kappa shape index (κ1) is 16.6. The molecule has 1 unspecified atom stereocenters. The molecule has 2 aliphatic rings. The number of carbonyl (C=O) groups is 2. The van der Waals surface area contributed by atoms with E-state index in [-0.39, 0.29) is 24.3 Å². The van der Waals surface area contributed by atoms with Crippen LogP contribution in [0.25, 0.3) is 0 Å². The van der Waals surface area contributed by atoms with E-state index in [1.54, 1.807) is 4.90 Å². The summed E-state index contributed by atoms with van der Waals surface area (Å²) in [6, 6.07) is 7.46. The molecule has 0 saturated heterocycles. The summed E-state index contributed by atoms with van der Waals surface area (Å²) in [6.07, 6.45) is 2.23. The Kier molecular flexibility index (Phi) is 4.36. The summed E-state index contributed by atoms with van der Waals surface area (Å²) >= 11 is 0. The van der Waals surface area contributed by atoms with Crippen LogP contribution in [0.15, 0.2) is 24.3 Å². The van der Waals surface area contributed by atoms with E-state index >= 15 is 0 Å². The molecule has 136 valence electrons. The van der Waals surface area contributed by atoms with Crippen molar-refractivity contribution in [1.82, 2.24) is 15.5 Å². The Morgan fingerprint density at radius 2 is 2.23 bits per heavy atom. The van der Waals surface area contributed by atoms with Crippen molar-refractivity contribution in [3.63, 3.8) is 0 Å². The molecule has 4 rings (SSSR count). The van der Waals surface area contributed by atoms with Crippen molar-refractivity contribution in [2.75, 3.05) is 24.6 Å². The van der Waals surface area contributed by atoms with Crippen LogP contribution in [-0.2, 0) is 22.4 Å². The third kappa shape index (κ3) is 3.05. The number of carbonyl (C=O) groups excluding carboxylic acids is 2. The number of benzene rings is 1. The first-order valence-corrected chi connectivity index (χ1v) is 8.96. The summed E-state index contributed by atoms with van der Waals surface area (Å²) in [5, 5.41) is 10.1. The smallest absolute Gasteiger partial charge is 0.246 e. The molecule has 2 N–H and O–H groups in total. The third-order valence-electron chi connectivity index (χ3n) is 5.15. The number of aromatic nitrogens is 2. The van der Waals surface area contributed by atoms with Crippen LogP contribution < -0.4 is 15.0 Å². The van der Waals surface area contributed by atoms with Crippen LogP contribution in [0.5, 0.6) is 5.75 Å². The van der Waals surface area contributed by atoms with E-state index in [2.05, 4.69) is 15.5 Å². The number of rotatable bonds is 3. The summed E-state index contributed by atoms with van der Waals surface area (Å²) in [5.74, 6) is 0.411. The number of nitrogens with zero attached hydrogens (tertiary/aromatic N) is 2. The van der Waals surface area contributed by atoms with E-state index in [0.29, 0.717) is 25.3 Å². The Bertz CT molecular complexity index is 845. The van der Waals surface area contributed by atoms with E-state index in [1.807, 2.05) is 31.2 Å². The van der Waals surface area contributed by atoms with Crippen LogP contribution in [0.2, 0.25) is 0 Å². The van der Waals surface area contributed by atoms with Gasteiger partial charge in [0.05, 0.1) is 24.5 Å². The summed E-state index contributed by atoms with van der Waals surface area (Å²) in [7, 11) is 0. The minimum atomic E-state index is -0.120. The molecule has 1 aliphatic carbocycles. The molecule has 1 atom stereocenters. The van der Waals surface area contributed by atoms with Gasteiger partial charge in [0, 0.05) is 11.6 Å². The van der Waals surface area contributed by atoms with Crippen LogP contribution >= 0.6 is 0 Å². The Morgan fingerprint density at radius 3 is 3.12 bits per heavy atom. The lowest BCUT2D eigenvalue weighted by atomic mass is 9.86. The van der Waals surface area contributed by atoms with Crippen LogP contribution in [0.3, 0.4) is 0 Å². The number of para-hydroxylation sites is 2. The zero-order valence-electron chi connectivity index (χ0n) is 14.7. The fraction of sp³-hybridized carbons (Fsp3) is 0.421. The second-order valence-electron chi connectivity index (χ2n) is 6.79. The predicted octanol–water partition coefficient (Wildman–Crippen LogP) is 1.36. The van der Waals surface area contributed by atoms with Gasteiger partial charge in [0.2, 0.25) is 11.8 Å². The van der Waals surface area contributed by atoms with Gasteiger partial charge < -0.3 is 15.0 Å².